The van der Waals surface area contributed by atoms with Gasteiger partial charge in [-0.2, -0.15) is 0 Å². The van der Waals surface area contributed by atoms with Gasteiger partial charge in [-0.1, -0.05) is 30.3 Å². The Hall–Kier alpha value is -3.62. The highest BCUT2D eigenvalue weighted by Crippen LogP contribution is 2.52. The van der Waals surface area contributed by atoms with Crippen molar-refractivity contribution in [1.29, 1.82) is 0 Å². The highest BCUT2D eigenvalue weighted by atomic mass is 16.5. The fraction of sp³-hybridized carbons (Fsp3) is 0.379. The van der Waals surface area contributed by atoms with Crippen molar-refractivity contribution in [3.8, 4) is 5.75 Å². The number of ether oxygens (including phenoxy) is 3. The van der Waals surface area contributed by atoms with Crippen LogP contribution in [0.2, 0.25) is 0 Å². The second-order valence-corrected chi connectivity index (χ2v) is 9.87. The number of carbonyl (C=O) groups excluding carboxylic acids is 2. The van der Waals surface area contributed by atoms with E-state index in [9.17, 15) is 24.9 Å². The Kier molecular flexibility index (Phi) is 7.43. The van der Waals surface area contributed by atoms with Crippen LogP contribution in [0.5, 0.6) is 5.75 Å². The van der Waals surface area contributed by atoms with E-state index in [0.717, 1.165) is 5.56 Å². The van der Waals surface area contributed by atoms with Crippen molar-refractivity contribution < 1.29 is 39.1 Å². The zero-order valence-corrected chi connectivity index (χ0v) is 21.3. The maximum atomic E-state index is 13.5. The molecule has 2 aromatic rings. The van der Waals surface area contributed by atoms with Gasteiger partial charge in [0.1, 0.15) is 35.1 Å². The average Bonchev–Trinajstić information content (AvgIpc) is 3.28. The van der Waals surface area contributed by atoms with Crippen LogP contribution in [0.1, 0.15) is 47.7 Å². The molecule has 0 spiro atoms. The van der Waals surface area contributed by atoms with E-state index in [2.05, 4.69) is 0 Å². The second-order valence-electron chi connectivity index (χ2n) is 9.87. The number of methoxy groups -OCH3 is 2. The smallest absolute Gasteiger partial charge is 0.337 e. The molecular weight excluding hydrogens is 476 g/mol. The molecule has 0 radical (unpaired) electrons. The normalized spacial score (nSPS) is 23.1. The molecule has 3 N–H and O–H groups in total. The maximum Gasteiger partial charge on any atom is 0.337 e. The molecule has 0 amide bonds. The third-order valence-corrected chi connectivity index (χ3v) is 6.89. The Morgan fingerprint density at radius 3 is 2.41 bits per heavy atom. The maximum absolute atomic E-state index is 13.5. The van der Waals surface area contributed by atoms with Gasteiger partial charge in [0.2, 0.25) is 0 Å². The zero-order valence-electron chi connectivity index (χ0n) is 21.3. The van der Waals surface area contributed by atoms with Crippen LogP contribution in [-0.2, 0) is 25.4 Å². The van der Waals surface area contributed by atoms with Gasteiger partial charge in [0.05, 0.1) is 37.4 Å². The minimum Gasteiger partial charge on any atom is -0.508 e. The van der Waals surface area contributed by atoms with Gasteiger partial charge in [-0.15, -0.1) is 0 Å². The summed E-state index contributed by atoms with van der Waals surface area (Å²) in [4.78, 5) is 25.7. The number of hydrogen-bond donors (Lipinski definition) is 3. The SMILES string of the molecule is COC(=O)c1ccc(O)c([C@@H]2C3=C(O[C@H]2C(C)(C)O)[C@H](C(=O)CCc2ccccc2)[C@H](O)C=C3OC)c1. The molecule has 1 aliphatic carbocycles. The van der Waals surface area contributed by atoms with Crippen molar-refractivity contribution >= 4 is 11.8 Å². The quantitative estimate of drug-likeness (QED) is 0.464. The minimum atomic E-state index is -1.43. The van der Waals surface area contributed by atoms with Crippen LogP contribution in [0.4, 0.5) is 0 Å². The number of aryl methyl sites for hydroxylation is 1. The van der Waals surface area contributed by atoms with Crippen LogP contribution in [0.3, 0.4) is 0 Å². The number of hydrogen-bond acceptors (Lipinski definition) is 8. The van der Waals surface area contributed by atoms with E-state index in [1.165, 1.54) is 38.5 Å². The molecule has 0 saturated carbocycles. The molecule has 1 aliphatic heterocycles. The fourth-order valence-corrected chi connectivity index (χ4v) is 5.09. The molecule has 8 nitrogen and oxygen atoms in total. The van der Waals surface area contributed by atoms with Crippen LogP contribution in [0.15, 0.2) is 71.7 Å². The lowest BCUT2D eigenvalue weighted by atomic mass is 9.76. The van der Waals surface area contributed by atoms with E-state index in [-0.39, 0.29) is 35.0 Å². The molecule has 8 heteroatoms. The number of phenolic OH excluding ortho intramolecular Hbond substituents is 1. The number of aromatic hydroxyl groups is 1. The number of phenols is 1. The molecule has 196 valence electrons. The summed E-state index contributed by atoms with van der Waals surface area (Å²) in [6.07, 6.45) is -0.0399. The van der Waals surface area contributed by atoms with E-state index in [1.54, 1.807) is 13.8 Å². The Balaban J connectivity index is 1.80. The summed E-state index contributed by atoms with van der Waals surface area (Å²) >= 11 is 0. The first-order valence-corrected chi connectivity index (χ1v) is 12.1. The highest BCUT2D eigenvalue weighted by molar-refractivity contribution is 5.90. The van der Waals surface area contributed by atoms with E-state index in [1.807, 2.05) is 30.3 Å². The molecule has 4 atom stereocenters. The molecule has 0 saturated heterocycles. The van der Waals surface area contributed by atoms with E-state index >= 15 is 0 Å². The van der Waals surface area contributed by atoms with E-state index in [4.69, 9.17) is 14.2 Å². The number of esters is 1. The minimum absolute atomic E-state index is 0.127. The first-order valence-electron chi connectivity index (χ1n) is 12.1. The number of ketones is 1. The van der Waals surface area contributed by atoms with Crippen LogP contribution < -0.4 is 0 Å². The summed E-state index contributed by atoms with van der Waals surface area (Å²) in [5.41, 5.74) is 0.503. The first kappa shape index (κ1) is 26.4. The molecule has 2 aromatic carbocycles. The van der Waals surface area contributed by atoms with Gasteiger partial charge in [0.15, 0.2) is 0 Å². The number of Topliss-reactive ketones (excluding diaryl/α,β-unsaturated/α-hetero) is 1. The van der Waals surface area contributed by atoms with Crippen molar-refractivity contribution in [3.05, 3.63) is 88.4 Å². The van der Waals surface area contributed by atoms with Crippen molar-refractivity contribution in [2.45, 2.75) is 50.4 Å². The summed E-state index contributed by atoms with van der Waals surface area (Å²) in [5, 5.41) is 32.9. The molecule has 0 aromatic heterocycles. The fourth-order valence-electron chi connectivity index (χ4n) is 5.09. The lowest BCUT2D eigenvalue weighted by Gasteiger charge is -2.32. The van der Waals surface area contributed by atoms with Crippen molar-refractivity contribution in [1.82, 2.24) is 0 Å². The van der Waals surface area contributed by atoms with Gasteiger partial charge in [-0.05, 0) is 50.1 Å². The van der Waals surface area contributed by atoms with Gasteiger partial charge < -0.3 is 29.5 Å². The van der Waals surface area contributed by atoms with E-state index in [0.29, 0.717) is 17.6 Å². The Labute approximate surface area is 215 Å². The zero-order chi connectivity index (χ0) is 26.9. The summed E-state index contributed by atoms with van der Waals surface area (Å²) in [6.45, 7) is 3.12. The molecule has 2 aliphatic rings. The second kappa shape index (κ2) is 10.4. The predicted octanol–water partition coefficient (Wildman–Crippen LogP) is 3.41. The lowest BCUT2D eigenvalue weighted by molar-refractivity contribution is -0.127. The molecule has 37 heavy (non-hydrogen) atoms. The number of aliphatic hydroxyl groups is 2. The van der Waals surface area contributed by atoms with Gasteiger partial charge in [-0.25, -0.2) is 4.79 Å². The van der Waals surface area contributed by atoms with Gasteiger partial charge >= 0.3 is 5.97 Å². The standard InChI is InChI=1S/C29H32O8/c1-29(2,34)27-23(18-14-17(28(33)36-4)11-13-19(18)30)25-22(35-3)15-21(32)24(26(25)37-27)20(31)12-10-16-8-6-5-7-9-16/h5-9,11,13-15,21,23-24,27,30,32,34H,10,12H2,1-4H3/t21-,23-,24-,27-/m1/s1. The summed E-state index contributed by atoms with van der Waals surface area (Å²) in [7, 11) is 2.69. The van der Waals surface area contributed by atoms with Gasteiger partial charge in [0.25, 0.3) is 0 Å². The van der Waals surface area contributed by atoms with Gasteiger partial charge in [0, 0.05) is 17.6 Å². The summed E-state index contributed by atoms with van der Waals surface area (Å²) in [5.74, 6) is -2.29. The molecule has 0 fully saturated rings. The Morgan fingerprint density at radius 1 is 1.08 bits per heavy atom. The average molecular weight is 509 g/mol. The van der Waals surface area contributed by atoms with Crippen molar-refractivity contribution in [2.75, 3.05) is 14.2 Å². The van der Waals surface area contributed by atoms with Crippen molar-refractivity contribution in [3.63, 3.8) is 0 Å². The Bertz CT molecular complexity index is 1240. The van der Waals surface area contributed by atoms with Crippen LogP contribution in [0.25, 0.3) is 0 Å². The van der Waals surface area contributed by atoms with E-state index < -0.39 is 35.6 Å². The molecular formula is C29H32O8. The molecule has 0 unspecified atom stereocenters. The summed E-state index contributed by atoms with van der Waals surface area (Å²) < 4.78 is 16.7. The van der Waals surface area contributed by atoms with Crippen molar-refractivity contribution in [2.24, 2.45) is 5.92 Å². The van der Waals surface area contributed by atoms with Gasteiger partial charge in [-0.3, -0.25) is 4.79 Å². The van der Waals surface area contributed by atoms with Crippen LogP contribution in [0, 0.1) is 5.92 Å². The number of benzene rings is 2. The lowest BCUT2D eigenvalue weighted by Crippen LogP contribution is -2.40. The molecule has 4 rings (SSSR count). The highest BCUT2D eigenvalue weighted by Gasteiger charge is 2.53. The predicted molar refractivity (Wildman–Crippen MR) is 135 cm³/mol. The number of aliphatic hydroxyl groups excluding tert-OH is 1. The number of allylic oxidation sites excluding steroid dienone is 1. The number of carbonyl (C=O) groups is 2. The molecule has 0 bridgehead atoms. The largest absolute Gasteiger partial charge is 0.508 e. The van der Waals surface area contributed by atoms with Crippen LogP contribution >= 0.6 is 0 Å². The third-order valence-electron chi connectivity index (χ3n) is 6.89. The monoisotopic (exact) mass is 508 g/mol. The van der Waals surface area contributed by atoms with Crippen LogP contribution in [-0.4, -0.2) is 59.1 Å². The topological polar surface area (TPSA) is 123 Å². The number of rotatable bonds is 8. The summed E-state index contributed by atoms with van der Waals surface area (Å²) in [6, 6.07) is 13.9. The Morgan fingerprint density at radius 2 is 1.78 bits per heavy atom. The molecule has 1 heterocycles. The third kappa shape index (κ3) is 5.12. The first-order chi connectivity index (χ1) is 17.6.